The predicted molar refractivity (Wildman–Crippen MR) is 118 cm³/mol. The molecule has 0 radical (unpaired) electrons. The number of ether oxygens (including phenoxy) is 1. The van der Waals surface area contributed by atoms with Gasteiger partial charge in [0.2, 0.25) is 5.90 Å². The lowest BCUT2D eigenvalue weighted by Gasteiger charge is -2.40. The van der Waals surface area contributed by atoms with Crippen molar-refractivity contribution >= 4 is 24.6 Å². The van der Waals surface area contributed by atoms with Crippen molar-refractivity contribution in [2.75, 3.05) is 6.61 Å². The molecule has 28 heavy (non-hydrogen) atoms. The normalized spacial score (nSPS) is 29.5. The van der Waals surface area contributed by atoms with E-state index in [4.69, 9.17) is 9.73 Å². The van der Waals surface area contributed by atoms with E-state index >= 15 is 0 Å². The highest BCUT2D eigenvalue weighted by molar-refractivity contribution is 7.70. The van der Waals surface area contributed by atoms with Crippen molar-refractivity contribution in [3.63, 3.8) is 0 Å². The summed E-state index contributed by atoms with van der Waals surface area (Å²) in [7, 11) is -0.579. The van der Waals surface area contributed by atoms with Crippen molar-refractivity contribution in [3.8, 4) is 0 Å². The summed E-state index contributed by atoms with van der Waals surface area (Å²) in [5.41, 5.74) is 0. The summed E-state index contributed by atoms with van der Waals surface area (Å²) in [6.07, 6.45) is 3.91. The monoisotopic (exact) mass is 392 g/mol. The first-order valence-corrected chi connectivity index (χ1v) is 11.9. The fourth-order valence-electron chi connectivity index (χ4n) is 5.03. The van der Waals surface area contributed by atoms with Crippen LogP contribution in [0.25, 0.3) is 0 Å². The maximum absolute atomic E-state index is 6.23. The SMILES string of the molecule is CC(C)C1COC(C2C3CCC(C3)N2P(c2ccccc2)c2ccccc2)=N1. The van der Waals surface area contributed by atoms with E-state index in [2.05, 4.69) is 79.2 Å². The minimum Gasteiger partial charge on any atom is -0.478 e. The molecule has 2 fully saturated rings. The molecule has 1 saturated carbocycles. The van der Waals surface area contributed by atoms with Gasteiger partial charge >= 0.3 is 0 Å². The molecule has 4 atom stereocenters. The van der Waals surface area contributed by atoms with Gasteiger partial charge in [-0.3, -0.25) is 4.67 Å². The second kappa shape index (κ2) is 7.61. The van der Waals surface area contributed by atoms with Gasteiger partial charge < -0.3 is 4.74 Å². The van der Waals surface area contributed by atoms with Gasteiger partial charge in [0, 0.05) is 14.1 Å². The number of hydrogen-bond acceptors (Lipinski definition) is 3. The summed E-state index contributed by atoms with van der Waals surface area (Å²) >= 11 is 0. The summed E-state index contributed by atoms with van der Waals surface area (Å²) in [4.78, 5) is 5.07. The molecule has 2 bridgehead atoms. The molecule has 5 rings (SSSR count). The largest absolute Gasteiger partial charge is 0.478 e. The van der Waals surface area contributed by atoms with Crippen LogP contribution in [0.5, 0.6) is 0 Å². The van der Waals surface area contributed by atoms with E-state index in [1.807, 2.05) is 0 Å². The summed E-state index contributed by atoms with van der Waals surface area (Å²) in [5, 5.41) is 2.86. The van der Waals surface area contributed by atoms with Crippen molar-refractivity contribution in [1.82, 2.24) is 4.67 Å². The molecule has 2 aliphatic heterocycles. The predicted octanol–water partition coefficient (Wildman–Crippen LogP) is 4.34. The maximum atomic E-state index is 6.23. The average molecular weight is 392 g/mol. The molecule has 2 heterocycles. The van der Waals surface area contributed by atoms with Crippen LogP contribution in [-0.4, -0.2) is 35.3 Å². The topological polar surface area (TPSA) is 24.8 Å². The zero-order chi connectivity index (χ0) is 19.1. The van der Waals surface area contributed by atoms with Crippen LogP contribution in [0.4, 0.5) is 0 Å². The molecule has 0 spiro atoms. The van der Waals surface area contributed by atoms with E-state index in [0.717, 1.165) is 12.5 Å². The van der Waals surface area contributed by atoms with E-state index < -0.39 is 8.07 Å². The quantitative estimate of drug-likeness (QED) is 0.707. The Labute approximate surface area is 169 Å². The Balaban J connectivity index is 1.56. The fourth-order valence-corrected chi connectivity index (χ4v) is 7.84. The van der Waals surface area contributed by atoms with Crippen LogP contribution in [0.2, 0.25) is 0 Å². The van der Waals surface area contributed by atoms with E-state index in [1.54, 1.807) is 0 Å². The van der Waals surface area contributed by atoms with Gasteiger partial charge in [0.05, 0.1) is 12.1 Å². The van der Waals surface area contributed by atoms with Crippen LogP contribution in [0.3, 0.4) is 0 Å². The number of hydrogen-bond donors (Lipinski definition) is 0. The molecule has 4 heteroatoms. The number of fused-ring (bicyclic) bond motifs is 2. The van der Waals surface area contributed by atoms with Crippen LogP contribution in [0.15, 0.2) is 65.7 Å². The minimum atomic E-state index is -0.579. The second-order valence-electron chi connectivity index (χ2n) is 8.62. The Morgan fingerprint density at radius 3 is 2.18 bits per heavy atom. The van der Waals surface area contributed by atoms with Gasteiger partial charge in [-0.25, -0.2) is 4.99 Å². The Morgan fingerprint density at radius 1 is 0.964 bits per heavy atom. The van der Waals surface area contributed by atoms with Crippen LogP contribution in [0.1, 0.15) is 33.1 Å². The third-order valence-electron chi connectivity index (χ3n) is 6.50. The Bertz CT molecular complexity index is 799. The first-order chi connectivity index (χ1) is 13.7. The third kappa shape index (κ3) is 3.19. The number of benzene rings is 2. The fraction of sp³-hybridized carbons (Fsp3) is 0.458. The standard InChI is InChI=1S/C24H29N2OP/c1-17(2)22-16-27-24(25-22)23-18-13-14-19(15-18)26(23)28(20-9-5-3-6-10-20)21-11-7-4-8-12-21/h3-12,17-19,22-23H,13-16H2,1-2H3. The van der Waals surface area contributed by atoms with Gasteiger partial charge in [0.1, 0.15) is 6.61 Å². The lowest BCUT2D eigenvalue weighted by atomic mass is 10.00. The molecule has 1 aliphatic carbocycles. The smallest absolute Gasteiger partial charge is 0.202 e. The minimum absolute atomic E-state index is 0.315. The number of aliphatic imine (C=N–C) groups is 1. The highest BCUT2D eigenvalue weighted by atomic mass is 31.1. The van der Waals surface area contributed by atoms with Crippen molar-refractivity contribution in [2.45, 2.75) is 51.2 Å². The highest BCUT2D eigenvalue weighted by Crippen LogP contribution is 2.55. The molecular weight excluding hydrogens is 363 g/mol. The van der Waals surface area contributed by atoms with E-state index in [0.29, 0.717) is 30.0 Å². The maximum Gasteiger partial charge on any atom is 0.202 e. The lowest BCUT2D eigenvalue weighted by Crippen LogP contribution is -2.46. The van der Waals surface area contributed by atoms with Crippen molar-refractivity contribution in [2.24, 2.45) is 16.8 Å². The van der Waals surface area contributed by atoms with Crippen molar-refractivity contribution < 1.29 is 4.74 Å². The Kier molecular flexibility index (Phi) is 4.99. The molecule has 2 aromatic carbocycles. The van der Waals surface area contributed by atoms with Gasteiger partial charge in [0.15, 0.2) is 0 Å². The first kappa shape index (κ1) is 18.3. The Morgan fingerprint density at radius 2 is 1.61 bits per heavy atom. The number of nitrogens with zero attached hydrogens (tertiary/aromatic N) is 2. The van der Waals surface area contributed by atoms with Gasteiger partial charge in [-0.1, -0.05) is 74.5 Å². The van der Waals surface area contributed by atoms with Gasteiger partial charge in [-0.05, 0) is 41.7 Å². The highest BCUT2D eigenvalue weighted by Gasteiger charge is 2.52. The average Bonchev–Trinajstić information content (AvgIpc) is 3.46. The van der Waals surface area contributed by atoms with E-state index in [9.17, 15) is 0 Å². The van der Waals surface area contributed by atoms with Crippen LogP contribution in [0, 0.1) is 11.8 Å². The van der Waals surface area contributed by atoms with Gasteiger partial charge in [0.25, 0.3) is 0 Å². The molecule has 0 aromatic heterocycles. The molecule has 3 nitrogen and oxygen atoms in total. The summed E-state index contributed by atoms with van der Waals surface area (Å²) in [5.74, 6) is 2.24. The zero-order valence-electron chi connectivity index (χ0n) is 16.7. The first-order valence-electron chi connectivity index (χ1n) is 10.6. The van der Waals surface area contributed by atoms with Crippen molar-refractivity contribution in [1.29, 1.82) is 0 Å². The molecule has 3 aliphatic rings. The molecule has 1 saturated heterocycles. The Hall–Kier alpha value is -1.70. The van der Waals surface area contributed by atoms with Crippen LogP contribution < -0.4 is 10.6 Å². The zero-order valence-corrected chi connectivity index (χ0v) is 17.6. The second-order valence-corrected chi connectivity index (χ2v) is 10.7. The number of rotatable bonds is 5. The number of piperidine rings is 1. The molecular formula is C24H29N2OP. The third-order valence-corrected chi connectivity index (χ3v) is 9.11. The van der Waals surface area contributed by atoms with E-state index in [-0.39, 0.29) is 0 Å². The molecule has 4 unspecified atom stereocenters. The van der Waals surface area contributed by atoms with E-state index in [1.165, 1.54) is 29.9 Å². The summed E-state index contributed by atoms with van der Waals surface area (Å²) in [6.45, 7) is 5.25. The summed E-state index contributed by atoms with van der Waals surface area (Å²) < 4.78 is 9.04. The van der Waals surface area contributed by atoms with Gasteiger partial charge in [-0.2, -0.15) is 0 Å². The van der Waals surface area contributed by atoms with Crippen LogP contribution >= 0.6 is 8.07 Å². The molecule has 0 N–H and O–H groups in total. The molecule has 146 valence electrons. The summed E-state index contributed by atoms with van der Waals surface area (Å²) in [6, 6.07) is 23.4. The van der Waals surface area contributed by atoms with Crippen LogP contribution in [-0.2, 0) is 4.74 Å². The lowest BCUT2D eigenvalue weighted by molar-refractivity contribution is 0.241. The molecule has 0 amide bonds. The van der Waals surface area contributed by atoms with Gasteiger partial charge in [-0.15, -0.1) is 0 Å². The van der Waals surface area contributed by atoms with Crippen molar-refractivity contribution in [3.05, 3.63) is 60.7 Å². The molecule has 2 aromatic rings.